The summed E-state index contributed by atoms with van der Waals surface area (Å²) in [5.41, 5.74) is 2.00. The van der Waals surface area contributed by atoms with E-state index in [9.17, 15) is 19.7 Å². The topological polar surface area (TPSA) is 98.5 Å². The van der Waals surface area contributed by atoms with E-state index >= 15 is 0 Å². The number of rotatable bonds is 8. The first kappa shape index (κ1) is 21.1. The zero-order chi connectivity index (χ0) is 20.7. The molecule has 0 fully saturated rings. The number of nitro benzene ring substituents is 1. The van der Waals surface area contributed by atoms with Crippen LogP contribution in [-0.2, 0) is 16.0 Å². The zero-order valence-electron chi connectivity index (χ0n) is 16.2. The first-order valence-corrected chi connectivity index (χ1v) is 9.06. The molecule has 2 rings (SSSR count). The number of hydrogen-bond acceptors (Lipinski definition) is 5. The highest BCUT2D eigenvalue weighted by Crippen LogP contribution is 2.16. The molecule has 0 aliphatic carbocycles. The largest absolute Gasteiger partial charge is 0.452 e. The van der Waals surface area contributed by atoms with Crippen molar-refractivity contribution < 1.29 is 19.2 Å². The lowest BCUT2D eigenvalue weighted by atomic mass is 10.00. The van der Waals surface area contributed by atoms with Crippen molar-refractivity contribution in [2.75, 3.05) is 6.61 Å². The minimum atomic E-state index is -0.787. The van der Waals surface area contributed by atoms with Gasteiger partial charge in [-0.25, -0.2) is 4.79 Å². The maximum absolute atomic E-state index is 12.1. The van der Waals surface area contributed by atoms with Crippen molar-refractivity contribution in [3.05, 3.63) is 75.3 Å². The van der Waals surface area contributed by atoms with Crippen molar-refractivity contribution in [3.8, 4) is 0 Å². The molecule has 0 bridgehead atoms. The smallest absolute Gasteiger partial charge is 0.338 e. The Morgan fingerprint density at radius 2 is 1.79 bits per heavy atom. The molecule has 0 saturated carbocycles. The van der Waals surface area contributed by atoms with E-state index in [1.807, 2.05) is 31.2 Å². The Labute approximate surface area is 163 Å². The molecule has 28 heavy (non-hydrogen) atoms. The van der Waals surface area contributed by atoms with E-state index in [2.05, 4.69) is 19.2 Å². The van der Waals surface area contributed by atoms with Crippen molar-refractivity contribution >= 4 is 17.6 Å². The van der Waals surface area contributed by atoms with Crippen LogP contribution in [0.25, 0.3) is 0 Å². The van der Waals surface area contributed by atoms with Crippen LogP contribution in [0.15, 0.2) is 48.5 Å². The van der Waals surface area contributed by atoms with Crippen LogP contribution < -0.4 is 5.32 Å². The third kappa shape index (κ3) is 6.19. The number of nitrogens with zero attached hydrogens (tertiary/aromatic N) is 1. The van der Waals surface area contributed by atoms with Crippen LogP contribution in [0.2, 0.25) is 0 Å². The Balaban J connectivity index is 1.87. The molecule has 2 aromatic rings. The number of benzene rings is 2. The number of hydrogen-bond donors (Lipinski definition) is 1. The number of non-ortho nitro benzene ring substituents is 1. The summed E-state index contributed by atoms with van der Waals surface area (Å²) in [5, 5.41) is 13.5. The molecule has 7 nitrogen and oxygen atoms in total. The van der Waals surface area contributed by atoms with E-state index in [-0.39, 0.29) is 17.3 Å². The molecule has 0 aliphatic rings. The molecule has 1 amide bonds. The van der Waals surface area contributed by atoms with Gasteiger partial charge in [0.1, 0.15) is 0 Å². The van der Waals surface area contributed by atoms with E-state index in [1.54, 1.807) is 0 Å². The van der Waals surface area contributed by atoms with Gasteiger partial charge in [0.05, 0.1) is 16.5 Å². The number of carbonyl (C=O) groups is 2. The standard InChI is InChI=1S/C21H24N2O5/c1-14(2)11-16-7-9-17(10-8-16)15(3)22-20(24)13-28-21(25)18-5-4-6-19(12-18)23(26)27/h4-10,12,14-15H,11,13H2,1-3H3,(H,22,24)/t15-/m0/s1. The third-order valence-electron chi connectivity index (χ3n) is 4.13. The van der Waals surface area contributed by atoms with Gasteiger partial charge in [0.15, 0.2) is 6.61 Å². The Morgan fingerprint density at radius 1 is 1.11 bits per heavy atom. The number of esters is 1. The predicted octanol–water partition coefficient (Wildman–Crippen LogP) is 3.83. The van der Waals surface area contributed by atoms with E-state index in [0.717, 1.165) is 18.1 Å². The normalized spacial score (nSPS) is 11.7. The van der Waals surface area contributed by atoms with Crippen LogP contribution in [-0.4, -0.2) is 23.4 Å². The summed E-state index contributed by atoms with van der Waals surface area (Å²) in [7, 11) is 0. The molecule has 0 saturated heterocycles. The Hall–Kier alpha value is -3.22. The van der Waals surface area contributed by atoms with E-state index in [4.69, 9.17) is 4.74 Å². The van der Waals surface area contributed by atoms with Gasteiger partial charge in [-0.2, -0.15) is 0 Å². The fraction of sp³-hybridized carbons (Fsp3) is 0.333. The van der Waals surface area contributed by atoms with E-state index in [0.29, 0.717) is 5.92 Å². The average Bonchev–Trinajstić information content (AvgIpc) is 2.66. The minimum Gasteiger partial charge on any atom is -0.452 e. The van der Waals surface area contributed by atoms with Gasteiger partial charge in [-0.05, 0) is 36.5 Å². The molecule has 0 aliphatic heterocycles. The summed E-state index contributed by atoms with van der Waals surface area (Å²) in [6.07, 6.45) is 0.995. The van der Waals surface area contributed by atoms with Crippen LogP contribution in [0.3, 0.4) is 0 Å². The van der Waals surface area contributed by atoms with Gasteiger partial charge < -0.3 is 10.1 Å². The van der Waals surface area contributed by atoms with Gasteiger partial charge in [0.25, 0.3) is 11.6 Å². The Morgan fingerprint density at radius 3 is 2.39 bits per heavy atom. The fourth-order valence-electron chi connectivity index (χ4n) is 2.74. The molecule has 2 aromatic carbocycles. The molecule has 7 heteroatoms. The maximum atomic E-state index is 12.1. The Kier molecular flexibility index (Phi) is 7.26. The molecular formula is C21H24N2O5. The van der Waals surface area contributed by atoms with Crippen LogP contribution in [0.4, 0.5) is 5.69 Å². The highest BCUT2D eigenvalue weighted by Gasteiger charge is 2.15. The summed E-state index contributed by atoms with van der Waals surface area (Å²) < 4.78 is 4.95. The van der Waals surface area contributed by atoms with Gasteiger partial charge in [-0.15, -0.1) is 0 Å². The molecule has 1 atom stereocenters. The lowest BCUT2D eigenvalue weighted by molar-refractivity contribution is -0.384. The van der Waals surface area contributed by atoms with Crippen molar-refractivity contribution in [3.63, 3.8) is 0 Å². The second-order valence-electron chi connectivity index (χ2n) is 7.01. The van der Waals surface area contributed by atoms with Crippen molar-refractivity contribution in [2.24, 2.45) is 5.92 Å². The van der Waals surface area contributed by atoms with Crippen LogP contribution in [0.5, 0.6) is 0 Å². The molecule has 0 radical (unpaired) electrons. The molecule has 0 heterocycles. The van der Waals surface area contributed by atoms with Crippen LogP contribution in [0.1, 0.15) is 48.3 Å². The van der Waals surface area contributed by atoms with Gasteiger partial charge >= 0.3 is 5.97 Å². The number of carbonyl (C=O) groups excluding carboxylic acids is 2. The highest BCUT2D eigenvalue weighted by molar-refractivity contribution is 5.91. The van der Waals surface area contributed by atoms with Gasteiger partial charge in [-0.3, -0.25) is 14.9 Å². The summed E-state index contributed by atoms with van der Waals surface area (Å²) in [4.78, 5) is 34.2. The summed E-state index contributed by atoms with van der Waals surface area (Å²) in [6, 6.07) is 13.0. The highest BCUT2D eigenvalue weighted by atomic mass is 16.6. The van der Waals surface area contributed by atoms with Gasteiger partial charge in [0.2, 0.25) is 0 Å². The lowest BCUT2D eigenvalue weighted by Gasteiger charge is -2.15. The molecule has 0 unspecified atom stereocenters. The molecule has 1 N–H and O–H groups in total. The molecular weight excluding hydrogens is 360 g/mol. The first-order valence-electron chi connectivity index (χ1n) is 9.06. The molecule has 0 aromatic heterocycles. The monoisotopic (exact) mass is 384 g/mol. The third-order valence-corrected chi connectivity index (χ3v) is 4.13. The summed E-state index contributed by atoms with van der Waals surface area (Å²) in [5.74, 6) is -0.661. The van der Waals surface area contributed by atoms with Crippen molar-refractivity contribution in [2.45, 2.75) is 33.2 Å². The zero-order valence-corrected chi connectivity index (χ0v) is 16.2. The number of amides is 1. The fourth-order valence-corrected chi connectivity index (χ4v) is 2.74. The lowest BCUT2D eigenvalue weighted by Crippen LogP contribution is -2.31. The average molecular weight is 384 g/mol. The minimum absolute atomic E-state index is 0.0239. The van der Waals surface area contributed by atoms with E-state index < -0.39 is 23.4 Å². The van der Waals surface area contributed by atoms with Crippen molar-refractivity contribution in [1.29, 1.82) is 0 Å². The van der Waals surface area contributed by atoms with E-state index in [1.165, 1.54) is 23.8 Å². The van der Waals surface area contributed by atoms with Gasteiger partial charge in [0, 0.05) is 12.1 Å². The molecule has 148 valence electrons. The first-order chi connectivity index (χ1) is 13.3. The second-order valence-corrected chi connectivity index (χ2v) is 7.01. The summed E-state index contributed by atoms with van der Waals surface area (Å²) in [6.45, 7) is 5.70. The van der Waals surface area contributed by atoms with Gasteiger partial charge in [-0.1, -0.05) is 44.2 Å². The van der Waals surface area contributed by atoms with Crippen LogP contribution >= 0.6 is 0 Å². The predicted molar refractivity (Wildman–Crippen MR) is 105 cm³/mol. The van der Waals surface area contributed by atoms with Crippen molar-refractivity contribution in [1.82, 2.24) is 5.32 Å². The maximum Gasteiger partial charge on any atom is 0.338 e. The Bertz CT molecular complexity index is 846. The number of nitro groups is 1. The number of nitrogens with one attached hydrogen (secondary N) is 1. The van der Waals surface area contributed by atoms with Crippen LogP contribution in [0, 0.1) is 16.0 Å². The molecule has 0 spiro atoms. The SMILES string of the molecule is CC(C)Cc1ccc([C@H](C)NC(=O)COC(=O)c2cccc([N+](=O)[O-])c2)cc1. The number of ether oxygens (including phenoxy) is 1. The second kappa shape index (κ2) is 9.64. The summed E-state index contributed by atoms with van der Waals surface area (Å²) >= 11 is 0. The quantitative estimate of drug-likeness (QED) is 0.424.